The van der Waals surface area contributed by atoms with Crippen molar-refractivity contribution < 1.29 is 4.42 Å². The molecule has 1 aliphatic heterocycles. The average molecular weight is 466 g/mol. The molecule has 0 radical (unpaired) electrons. The first-order valence-corrected chi connectivity index (χ1v) is 11.7. The summed E-state index contributed by atoms with van der Waals surface area (Å²) < 4.78 is 7.87. The lowest BCUT2D eigenvalue weighted by Gasteiger charge is -2.18. The van der Waals surface area contributed by atoms with Crippen LogP contribution < -0.4 is 15.8 Å². The normalized spacial score (nSPS) is 14.3. The predicted octanol–water partition coefficient (Wildman–Crippen LogP) is 5.94. The molecule has 1 atom stereocenters. The molecular weight excluding hydrogens is 438 g/mol. The summed E-state index contributed by atoms with van der Waals surface area (Å²) >= 11 is 0. The van der Waals surface area contributed by atoms with Gasteiger partial charge in [0.25, 0.3) is 5.56 Å². The Labute approximate surface area is 203 Å². The monoisotopic (exact) mass is 465 g/mol. The summed E-state index contributed by atoms with van der Waals surface area (Å²) in [7, 11) is 1.99. The smallest absolute Gasteiger partial charge is 0.282 e. The first kappa shape index (κ1) is 22.4. The molecule has 0 fully saturated rings. The zero-order chi connectivity index (χ0) is 24.5. The number of hydrogen-bond acceptors (Lipinski definition) is 6. The molecule has 0 spiro atoms. The van der Waals surface area contributed by atoms with Crippen LogP contribution in [0.15, 0.2) is 88.3 Å². The van der Waals surface area contributed by atoms with Crippen LogP contribution in [-0.4, -0.2) is 21.6 Å². The molecule has 0 saturated heterocycles. The van der Waals surface area contributed by atoms with Gasteiger partial charge in [-0.2, -0.15) is 4.98 Å². The summed E-state index contributed by atoms with van der Waals surface area (Å²) in [6.07, 6.45) is 3.05. The maximum absolute atomic E-state index is 13.3. The van der Waals surface area contributed by atoms with E-state index in [0.717, 1.165) is 27.9 Å². The third-order valence-electron chi connectivity index (χ3n) is 6.03. The number of rotatable bonds is 3. The van der Waals surface area contributed by atoms with E-state index in [2.05, 4.69) is 15.2 Å². The summed E-state index contributed by atoms with van der Waals surface area (Å²) in [5, 5.41) is 4.25. The van der Waals surface area contributed by atoms with E-state index in [4.69, 9.17) is 9.40 Å². The number of aromatic nitrogens is 3. The van der Waals surface area contributed by atoms with Gasteiger partial charge >= 0.3 is 0 Å². The summed E-state index contributed by atoms with van der Waals surface area (Å²) in [5.74, 6) is 1.46. The second kappa shape index (κ2) is 9.10. The van der Waals surface area contributed by atoms with Gasteiger partial charge in [0, 0.05) is 30.4 Å². The van der Waals surface area contributed by atoms with Gasteiger partial charge in [-0.15, -0.1) is 0 Å². The molecule has 1 unspecified atom stereocenters. The van der Waals surface area contributed by atoms with Gasteiger partial charge in [-0.05, 0) is 31.2 Å². The molecule has 1 aliphatic rings. The fourth-order valence-corrected chi connectivity index (χ4v) is 4.25. The average Bonchev–Trinajstić information content (AvgIpc) is 3.48. The number of fused-ring (bicyclic) bond motifs is 2. The Kier molecular flexibility index (Phi) is 5.82. The second-order valence-corrected chi connectivity index (χ2v) is 8.18. The Balaban J connectivity index is 0.00000124. The third-order valence-corrected chi connectivity index (χ3v) is 6.03. The lowest BCUT2D eigenvalue weighted by atomic mass is 10.1. The second-order valence-electron chi connectivity index (χ2n) is 8.18. The zero-order valence-corrected chi connectivity index (χ0v) is 20.2. The minimum Gasteiger partial charge on any atom is -0.434 e. The van der Waals surface area contributed by atoms with Crippen LogP contribution in [0.3, 0.4) is 0 Å². The van der Waals surface area contributed by atoms with E-state index in [1.165, 1.54) is 4.57 Å². The third kappa shape index (κ3) is 3.85. The first-order chi connectivity index (χ1) is 17.1. The Hall–Kier alpha value is -4.39. The molecule has 5 aromatic rings. The maximum Gasteiger partial charge on any atom is 0.282 e. The van der Waals surface area contributed by atoms with E-state index >= 15 is 0 Å². The van der Waals surface area contributed by atoms with Crippen LogP contribution in [-0.2, 0) is 0 Å². The van der Waals surface area contributed by atoms with Crippen molar-refractivity contribution in [3.63, 3.8) is 0 Å². The van der Waals surface area contributed by atoms with Crippen LogP contribution in [0.2, 0.25) is 0 Å². The number of para-hydroxylation sites is 2. The largest absolute Gasteiger partial charge is 0.434 e. The van der Waals surface area contributed by atoms with Gasteiger partial charge in [0.15, 0.2) is 17.7 Å². The highest BCUT2D eigenvalue weighted by molar-refractivity contribution is 5.78. The van der Waals surface area contributed by atoms with Gasteiger partial charge < -0.3 is 14.6 Å². The zero-order valence-electron chi connectivity index (χ0n) is 20.2. The standard InChI is InChI=1S/C26H21N5O2.C2H6/c1-16-9-11-18(12-10-16)22-23(31-15-13-17-6-5-14-27-21(17)26(31)32)29-25(33-22)24-28-19-7-3-4-8-20(19)30(24)2;1-2/h3-15,24,28H,1-2H3;1-2H3. The number of nitrogens with zero attached hydrogens (tertiary/aromatic N) is 4. The number of oxazole rings is 1. The molecule has 176 valence electrons. The van der Waals surface area contributed by atoms with Crippen molar-refractivity contribution >= 4 is 22.3 Å². The first-order valence-electron chi connectivity index (χ1n) is 11.7. The molecule has 0 amide bonds. The van der Waals surface area contributed by atoms with Crippen molar-refractivity contribution in [1.29, 1.82) is 0 Å². The summed E-state index contributed by atoms with van der Waals surface area (Å²) in [6, 6.07) is 21.6. The minimum atomic E-state index is -0.297. The summed E-state index contributed by atoms with van der Waals surface area (Å²) in [6.45, 7) is 6.03. The van der Waals surface area contributed by atoms with Gasteiger partial charge in [0.1, 0.15) is 5.52 Å². The predicted molar refractivity (Wildman–Crippen MR) is 140 cm³/mol. The Bertz CT molecular complexity index is 1550. The van der Waals surface area contributed by atoms with Gasteiger partial charge in [0.05, 0.1) is 11.4 Å². The Morgan fingerprint density at radius 1 is 0.971 bits per heavy atom. The maximum atomic E-state index is 13.3. The highest BCUT2D eigenvalue weighted by Crippen LogP contribution is 2.41. The molecule has 7 nitrogen and oxygen atoms in total. The molecular formula is C28H27N5O2. The van der Waals surface area contributed by atoms with Crippen molar-refractivity contribution in [3.8, 4) is 17.1 Å². The molecule has 2 aromatic carbocycles. The van der Waals surface area contributed by atoms with Crippen molar-refractivity contribution in [3.05, 3.63) is 101 Å². The highest BCUT2D eigenvalue weighted by Gasteiger charge is 2.32. The van der Waals surface area contributed by atoms with Crippen molar-refractivity contribution in [2.45, 2.75) is 26.9 Å². The number of pyridine rings is 2. The molecule has 0 aliphatic carbocycles. The van der Waals surface area contributed by atoms with E-state index in [1.54, 1.807) is 12.4 Å². The molecule has 6 rings (SSSR count). The van der Waals surface area contributed by atoms with Crippen molar-refractivity contribution in [1.82, 2.24) is 14.5 Å². The number of hydrogen-bond donors (Lipinski definition) is 1. The van der Waals surface area contributed by atoms with Crippen molar-refractivity contribution in [2.24, 2.45) is 0 Å². The number of nitrogens with one attached hydrogen (secondary N) is 1. The van der Waals surface area contributed by atoms with Gasteiger partial charge in [-0.1, -0.05) is 61.9 Å². The van der Waals surface area contributed by atoms with Crippen molar-refractivity contribution in [2.75, 3.05) is 17.3 Å². The number of anilines is 2. The fraction of sp³-hybridized carbons (Fsp3) is 0.179. The molecule has 0 bridgehead atoms. The van der Waals surface area contributed by atoms with Crippen LogP contribution >= 0.6 is 0 Å². The fourth-order valence-electron chi connectivity index (χ4n) is 4.25. The highest BCUT2D eigenvalue weighted by atomic mass is 16.4. The summed E-state index contributed by atoms with van der Waals surface area (Å²) in [5.41, 5.74) is 4.21. The molecule has 4 heterocycles. The Morgan fingerprint density at radius 3 is 2.51 bits per heavy atom. The van der Waals surface area contributed by atoms with Crippen LogP contribution in [0.25, 0.3) is 28.0 Å². The lowest BCUT2D eigenvalue weighted by molar-refractivity contribution is 0.475. The lowest BCUT2D eigenvalue weighted by Crippen LogP contribution is -2.24. The number of aryl methyl sites for hydroxylation is 1. The van der Waals surface area contributed by atoms with Gasteiger partial charge in [0.2, 0.25) is 5.89 Å². The molecule has 1 N–H and O–H groups in total. The van der Waals surface area contributed by atoms with E-state index in [9.17, 15) is 4.79 Å². The van der Waals surface area contributed by atoms with Gasteiger partial charge in [-0.3, -0.25) is 14.3 Å². The molecule has 0 saturated carbocycles. The van der Waals surface area contributed by atoms with E-state index in [1.807, 2.05) is 94.5 Å². The van der Waals surface area contributed by atoms with E-state index in [0.29, 0.717) is 23.0 Å². The van der Waals surface area contributed by atoms with Crippen LogP contribution in [0.1, 0.15) is 31.5 Å². The topological polar surface area (TPSA) is 76.2 Å². The van der Waals surface area contributed by atoms with E-state index < -0.39 is 0 Å². The van der Waals surface area contributed by atoms with Crippen LogP contribution in [0, 0.1) is 6.92 Å². The van der Waals surface area contributed by atoms with Crippen LogP contribution in [0.4, 0.5) is 11.4 Å². The Morgan fingerprint density at radius 2 is 1.74 bits per heavy atom. The minimum absolute atomic E-state index is 0.239. The quantitative estimate of drug-likeness (QED) is 0.356. The van der Waals surface area contributed by atoms with E-state index in [-0.39, 0.29) is 11.7 Å². The molecule has 35 heavy (non-hydrogen) atoms. The molecule has 3 aromatic heterocycles. The number of benzene rings is 2. The van der Waals surface area contributed by atoms with Gasteiger partial charge in [-0.25, -0.2) is 0 Å². The summed E-state index contributed by atoms with van der Waals surface area (Å²) in [4.78, 5) is 24.5. The SMILES string of the molecule is CC.Cc1ccc(-c2oc(C3Nc4ccccc4N3C)nc2-n2ccc3cccnc3c2=O)cc1. The molecule has 7 heteroatoms. The van der Waals surface area contributed by atoms with Crippen LogP contribution in [0.5, 0.6) is 0 Å².